The number of aromatic nitrogens is 1. The van der Waals surface area contributed by atoms with E-state index in [1.165, 1.54) is 18.2 Å². The molecule has 2 heterocycles. The maximum Gasteiger partial charge on any atom is 0.264 e. The number of hydrogen-bond donors (Lipinski definition) is 3. The largest absolute Gasteiger partial charge is 0.367 e. The maximum atomic E-state index is 15.6. The molecule has 12 heteroatoms. The Morgan fingerprint density at radius 3 is 2.31 bits per heavy atom. The molecule has 0 bridgehead atoms. The van der Waals surface area contributed by atoms with Crippen molar-refractivity contribution in [1.29, 1.82) is 0 Å². The molecule has 2 aromatic carbocycles. The Kier molecular flexibility index (Phi) is 7.77. The molecule has 1 aliphatic heterocycles. The summed E-state index contributed by atoms with van der Waals surface area (Å²) in [5.41, 5.74) is 3.21. The number of carbonyl (C=O) groups excluding carboxylic acids is 2. The number of alkyl halides is 2. The zero-order valence-corrected chi connectivity index (χ0v) is 21.4. The number of rotatable bonds is 6. The van der Waals surface area contributed by atoms with Gasteiger partial charge in [0.1, 0.15) is 11.6 Å². The average Bonchev–Trinajstić information content (AvgIpc) is 2.87. The van der Waals surface area contributed by atoms with Crippen LogP contribution in [0.5, 0.6) is 0 Å². The van der Waals surface area contributed by atoms with Gasteiger partial charge in [-0.25, -0.2) is 17.6 Å². The van der Waals surface area contributed by atoms with E-state index in [4.69, 9.17) is 5.73 Å². The molecule has 3 aromatic rings. The van der Waals surface area contributed by atoms with Crippen molar-refractivity contribution in [3.05, 3.63) is 81.3 Å². The Hall–Kier alpha value is -4.19. The highest BCUT2D eigenvalue weighted by atomic mass is 19.3. The fourth-order valence-electron chi connectivity index (χ4n) is 4.68. The van der Waals surface area contributed by atoms with Crippen LogP contribution in [0, 0.1) is 11.6 Å². The SMILES string of the molecule is CC1CN(c2cc(F)c(-c3ccc(F)c(C(N)=O)c3)cc2NC(=O)c2c[nH]c(=O)cc2C(F)F)CC(C)N1C. The molecule has 2 unspecified atom stereocenters. The predicted octanol–water partition coefficient (Wildman–Crippen LogP) is 4.14. The maximum absolute atomic E-state index is 15.6. The third kappa shape index (κ3) is 5.65. The molecular formula is C27H27F4N5O3. The zero-order valence-electron chi connectivity index (χ0n) is 21.4. The number of benzene rings is 2. The number of piperazine rings is 1. The first-order valence-corrected chi connectivity index (χ1v) is 12.1. The van der Waals surface area contributed by atoms with Gasteiger partial charge in [-0.15, -0.1) is 0 Å². The lowest BCUT2D eigenvalue weighted by molar-refractivity contribution is 0.0993. The van der Waals surface area contributed by atoms with Crippen LogP contribution >= 0.6 is 0 Å². The van der Waals surface area contributed by atoms with Gasteiger partial charge in [-0.2, -0.15) is 0 Å². The number of nitrogens with two attached hydrogens (primary N) is 1. The quantitative estimate of drug-likeness (QED) is 0.404. The normalized spacial score (nSPS) is 17.9. The number of pyridine rings is 1. The summed E-state index contributed by atoms with van der Waals surface area (Å²) < 4.78 is 56.8. The molecule has 0 radical (unpaired) electrons. The number of halogens is 4. The molecule has 0 aliphatic carbocycles. The van der Waals surface area contributed by atoms with Crippen molar-refractivity contribution >= 4 is 23.2 Å². The number of aromatic amines is 1. The van der Waals surface area contributed by atoms with Gasteiger partial charge in [0.15, 0.2) is 0 Å². The van der Waals surface area contributed by atoms with Gasteiger partial charge in [-0.3, -0.25) is 19.3 Å². The van der Waals surface area contributed by atoms with E-state index >= 15 is 4.39 Å². The molecule has 1 saturated heterocycles. The summed E-state index contributed by atoms with van der Waals surface area (Å²) >= 11 is 0. The van der Waals surface area contributed by atoms with Crippen molar-refractivity contribution in [1.82, 2.24) is 9.88 Å². The summed E-state index contributed by atoms with van der Waals surface area (Å²) in [5.74, 6) is -3.60. The van der Waals surface area contributed by atoms with Gasteiger partial charge in [-0.1, -0.05) is 6.07 Å². The standard InChI is InChI=1S/C27H27F4N5O3/c1-13-11-36(12-14(2)35(13)3)23-9-21(29)16(15-4-5-20(28)18(6-15)26(32)38)7-22(23)34-27(39)19-10-33-24(37)8-17(19)25(30)31/h4-10,13-14,25H,11-12H2,1-3H3,(H2,32,38)(H,33,37)(H,34,39). The number of hydrogen-bond acceptors (Lipinski definition) is 5. The predicted molar refractivity (Wildman–Crippen MR) is 139 cm³/mol. The lowest BCUT2D eigenvalue weighted by Crippen LogP contribution is -2.55. The molecule has 1 aliphatic rings. The molecular weight excluding hydrogens is 518 g/mol. The molecule has 2 amide bonds. The van der Waals surface area contributed by atoms with Gasteiger partial charge >= 0.3 is 0 Å². The number of amides is 2. The second-order valence-corrected chi connectivity index (χ2v) is 9.60. The number of nitrogens with one attached hydrogen (secondary N) is 2. The van der Waals surface area contributed by atoms with E-state index < -0.39 is 52.1 Å². The second kappa shape index (κ2) is 10.9. The summed E-state index contributed by atoms with van der Waals surface area (Å²) in [7, 11) is 1.96. The first kappa shape index (κ1) is 27.8. The van der Waals surface area contributed by atoms with Crippen LogP contribution in [0.1, 0.15) is 46.6 Å². The van der Waals surface area contributed by atoms with Crippen LogP contribution in [0.2, 0.25) is 0 Å². The number of nitrogens with zero attached hydrogens (tertiary/aromatic N) is 2. The Balaban J connectivity index is 1.84. The van der Waals surface area contributed by atoms with E-state index in [1.54, 1.807) is 0 Å². The molecule has 2 atom stereocenters. The molecule has 1 aromatic heterocycles. The lowest BCUT2D eigenvalue weighted by atomic mass is 9.99. The fraction of sp³-hybridized carbons (Fsp3) is 0.296. The van der Waals surface area contributed by atoms with Gasteiger partial charge in [0, 0.05) is 48.6 Å². The van der Waals surface area contributed by atoms with Crippen LogP contribution in [0.25, 0.3) is 11.1 Å². The van der Waals surface area contributed by atoms with Crippen molar-refractivity contribution < 1.29 is 27.2 Å². The van der Waals surface area contributed by atoms with E-state index in [0.717, 1.165) is 18.3 Å². The van der Waals surface area contributed by atoms with Crippen LogP contribution < -0.4 is 21.5 Å². The molecule has 4 N–H and O–H groups in total. The number of likely N-dealkylation sites (N-methyl/N-ethyl adjacent to an activating group) is 1. The fourth-order valence-corrected chi connectivity index (χ4v) is 4.68. The highest BCUT2D eigenvalue weighted by molar-refractivity contribution is 6.07. The van der Waals surface area contributed by atoms with E-state index in [0.29, 0.717) is 24.8 Å². The van der Waals surface area contributed by atoms with Gasteiger partial charge < -0.3 is 20.9 Å². The third-order valence-corrected chi connectivity index (χ3v) is 7.01. The van der Waals surface area contributed by atoms with Gasteiger partial charge in [0.05, 0.1) is 22.5 Å². The Morgan fingerprint density at radius 2 is 1.69 bits per heavy atom. The van der Waals surface area contributed by atoms with Crippen molar-refractivity contribution in [2.45, 2.75) is 32.4 Å². The first-order valence-electron chi connectivity index (χ1n) is 12.1. The summed E-state index contributed by atoms with van der Waals surface area (Å²) in [6.07, 6.45) is -2.20. The smallest absolute Gasteiger partial charge is 0.264 e. The van der Waals surface area contributed by atoms with Crippen molar-refractivity contribution in [3.8, 4) is 11.1 Å². The molecule has 8 nitrogen and oxygen atoms in total. The highest BCUT2D eigenvalue weighted by Crippen LogP contribution is 2.37. The van der Waals surface area contributed by atoms with Crippen LogP contribution in [-0.4, -0.2) is 53.9 Å². The monoisotopic (exact) mass is 545 g/mol. The Labute approximate surface area is 221 Å². The zero-order chi connectivity index (χ0) is 28.6. The number of H-pyrrole nitrogens is 1. The molecule has 0 spiro atoms. The third-order valence-electron chi connectivity index (χ3n) is 7.01. The minimum absolute atomic E-state index is 0.0693. The van der Waals surface area contributed by atoms with Crippen molar-refractivity contribution in [2.75, 3.05) is 30.4 Å². The van der Waals surface area contributed by atoms with E-state index in [-0.39, 0.29) is 28.9 Å². The highest BCUT2D eigenvalue weighted by Gasteiger charge is 2.30. The van der Waals surface area contributed by atoms with Gasteiger partial charge in [-0.05, 0) is 50.7 Å². The van der Waals surface area contributed by atoms with Crippen LogP contribution in [0.3, 0.4) is 0 Å². The van der Waals surface area contributed by atoms with E-state index in [9.17, 15) is 27.6 Å². The molecule has 4 rings (SSSR count). The second-order valence-electron chi connectivity index (χ2n) is 9.60. The van der Waals surface area contributed by atoms with Crippen LogP contribution in [0.4, 0.5) is 28.9 Å². The Morgan fingerprint density at radius 1 is 1.03 bits per heavy atom. The molecule has 206 valence electrons. The number of anilines is 2. The van der Waals surface area contributed by atoms with Crippen molar-refractivity contribution in [3.63, 3.8) is 0 Å². The average molecular weight is 546 g/mol. The Bertz CT molecular complexity index is 1480. The van der Waals surface area contributed by atoms with E-state index in [1.807, 2.05) is 25.8 Å². The lowest BCUT2D eigenvalue weighted by Gasteiger charge is -2.44. The topological polar surface area (TPSA) is 112 Å². The molecule has 1 fully saturated rings. The number of primary amides is 1. The number of carbonyl (C=O) groups is 2. The summed E-state index contributed by atoms with van der Waals surface area (Å²) in [6.45, 7) is 4.94. The molecule has 39 heavy (non-hydrogen) atoms. The minimum Gasteiger partial charge on any atom is -0.367 e. The summed E-state index contributed by atoms with van der Waals surface area (Å²) in [4.78, 5) is 42.7. The summed E-state index contributed by atoms with van der Waals surface area (Å²) in [5, 5.41) is 2.58. The minimum atomic E-state index is -3.10. The van der Waals surface area contributed by atoms with Gasteiger partial charge in [0.2, 0.25) is 5.56 Å². The van der Waals surface area contributed by atoms with Crippen LogP contribution in [0.15, 0.2) is 47.4 Å². The summed E-state index contributed by atoms with van der Waals surface area (Å²) in [6, 6.07) is 6.59. The first-order chi connectivity index (χ1) is 18.4. The van der Waals surface area contributed by atoms with Gasteiger partial charge in [0.25, 0.3) is 18.2 Å². The van der Waals surface area contributed by atoms with Crippen molar-refractivity contribution in [2.24, 2.45) is 5.73 Å². The van der Waals surface area contributed by atoms with Crippen LogP contribution in [-0.2, 0) is 0 Å². The van der Waals surface area contributed by atoms with E-state index in [2.05, 4.69) is 15.2 Å². The molecule has 0 saturated carbocycles.